The van der Waals surface area contributed by atoms with E-state index in [1.165, 1.54) is 18.3 Å². The van der Waals surface area contributed by atoms with Crippen molar-refractivity contribution in [3.05, 3.63) is 77.2 Å². The molecule has 0 aliphatic heterocycles. The van der Waals surface area contributed by atoms with Crippen LogP contribution in [-0.2, 0) is 0 Å². The number of nitrogens with zero attached hydrogens (tertiary/aromatic N) is 1. The molecule has 0 aliphatic carbocycles. The second kappa shape index (κ2) is 7.84. The second-order valence-electron chi connectivity index (χ2n) is 5.34. The van der Waals surface area contributed by atoms with Crippen molar-refractivity contribution < 1.29 is 13.9 Å². The summed E-state index contributed by atoms with van der Waals surface area (Å²) in [5.74, 6) is 0.167. The van der Waals surface area contributed by atoms with Crippen molar-refractivity contribution in [3.63, 3.8) is 0 Å². The maximum absolute atomic E-state index is 13.6. The first kappa shape index (κ1) is 17.7. The maximum atomic E-state index is 13.6. The molecule has 5 nitrogen and oxygen atoms in total. The molecule has 0 saturated carbocycles. The van der Waals surface area contributed by atoms with Crippen molar-refractivity contribution >= 4 is 34.7 Å². The van der Waals surface area contributed by atoms with Crippen LogP contribution in [0, 0.1) is 5.82 Å². The molecule has 26 heavy (non-hydrogen) atoms. The lowest BCUT2D eigenvalue weighted by Crippen LogP contribution is -2.13. The Balaban J connectivity index is 1.73. The van der Waals surface area contributed by atoms with Gasteiger partial charge in [0.05, 0.1) is 24.0 Å². The highest BCUT2D eigenvalue weighted by molar-refractivity contribution is 6.31. The molecule has 7 heteroatoms. The molecule has 0 bridgehead atoms. The number of carbonyl (C=O) groups excluding carboxylic acids is 1. The Hall–Kier alpha value is -3.12. The van der Waals surface area contributed by atoms with Gasteiger partial charge in [-0.1, -0.05) is 23.7 Å². The molecular weight excluding hydrogens is 357 g/mol. The number of aromatic nitrogens is 1. The Bertz CT molecular complexity index is 932. The van der Waals surface area contributed by atoms with Gasteiger partial charge in [-0.3, -0.25) is 4.79 Å². The van der Waals surface area contributed by atoms with Crippen LogP contribution in [0.2, 0.25) is 5.02 Å². The van der Waals surface area contributed by atoms with Gasteiger partial charge in [0.25, 0.3) is 5.91 Å². The first-order chi connectivity index (χ1) is 12.6. The third-order valence-electron chi connectivity index (χ3n) is 3.57. The van der Waals surface area contributed by atoms with Gasteiger partial charge in [0, 0.05) is 11.2 Å². The predicted molar refractivity (Wildman–Crippen MR) is 99.9 cm³/mol. The molecular formula is C19H15ClFN3O2. The lowest BCUT2D eigenvalue weighted by Gasteiger charge is -2.11. The molecule has 3 rings (SSSR count). The van der Waals surface area contributed by atoms with Crippen molar-refractivity contribution in [2.75, 3.05) is 17.7 Å². The highest BCUT2D eigenvalue weighted by Crippen LogP contribution is 2.29. The van der Waals surface area contributed by atoms with Gasteiger partial charge >= 0.3 is 0 Å². The first-order valence-electron chi connectivity index (χ1n) is 7.69. The van der Waals surface area contributed by atoms with Crippen LogP contribution in [0.15, 0.2) is 60.8 Å². The number of carbonyl (C=O) groups is 1. The summed E-state index contributed by atoms with van der Waals surface area (Å²) < 4.78 is 18.9. The zero-order valence-electron chi connectivity index (χ0n) is 13.8. The predicted octanol–water partition coefficient (Wildman–Crippen LogP) is 4.88. The smallest absolute Gasteiger partial charge is 0.257 e. The summed E-state index contributed by atoms with van der Waals surface area (Å²) in [5.41, 5.74) is 1.07. The normalized spacial score (nSPS) is 10.3. The SMILES string of the molecule is COc1ccc(Cl)cc1Nc1ccc(C(=O)Nc2ccccc2F)cn1. The average molecular weight is 372 g/mol. The van der Waals surface area contributed by atoms with E-state index >= 15 is 0 Å². The summed E-state index contributed by atoms with van der Waals surface area (Å²) in [6.45, 7) is 0. The molecule has 0 unspecified atom stereocenters. The third kappa shape index (κ3) is 4.10. The van der Waals surface area contributed by atoms with E-state index in [2.05, 4.69) is 15.6 Å². The van der Waals surface area contributed by atoms with E-state index in [4.69, 9.17) is 16.3 Å². The number of halogens is 2. The molecule has 0 aliphatic rings. The molecule has 1 aromatic heterocycles. The van der Waals surface area contributed by atoms with Gasteiger partial charge in [0.1, 0.15) is 17.4 Å². The number of hydrogen-bond donors (Lipinski definition) is 2. The van der Waals surface area contributed by atoms with E-state index in [9.17, 15) is 9.18 Å². The van der Waals surface area contributed by atoms with Crippen molar-refractivity contribution in [1.29, 1.82) is 0 Å². The van der Waals surface area contributed by atoms with Gasteiger partial charge in [-0.2, -0.15) is 0 Å². The molecule has 0 atom stereocenters. The van der Waals surface area contributed by atoms with E-state index in [1.807, 2.05) is 0 Å². The van der Waals surface area contributed by atoms with Crippen LogP contribution in [0.5, 0.6) is 5.75 Å². The monoisotopic (exact) mass is 371 g/mol. The van der Waals surface area contributed by atoms with Crippen molar-refractivity contribution in [1.82, 2.24) is 4.98 Å². The lowest BCUT2D eigenvalue weighted by atomic mass is 10.2. The summed E-state index contributed by atoms with van der Waals surface area (Å²) >= 11 is 6.00. The quantitative estimate of drug-likeness (QED) is 0.671. The van der Waals surface area contributed by atoms with Crippen molar-refractivity contribution in [2.45, 2.75) is 0 Å². The van der Waals surface area contributed by atoms with Crippen LogP contribution < -0.4 is 15.4 Å². The van der Waals surface area contributed by atoms with Gasteiger partial charge in [-0.25, -0.2) is 9.37 Å². The number of methoxy groups -OCH3 is 1. The molecule has 0 spiro atoms. The molecule has 0 radical (unpaired) electrons. The topological polar surface area (TPSA) is 63.2 Å². The summed E-state index contributed by atoms with van der Waals surface area (Å²) in [6.07, 6.45) is 1.40. The number of hydrogen-bond acceptors (Lipinski definition) is 4. The fourth-order valence-corrected chi connectivity index (χ4v) is 2.45. The van der Waals surface area contributed by atoms with Crippen LogP contribution in [0.1, 0.15) is 10.4 Å². The van der Waals surface area contributed by atoms with E-state index in [-0.39, 0.29) is 5.69 Å². The Kier molecular flexibility index (Phi) is 5.34. The molecule has 2 N–H and O–H groups in total. The molecule has 2 aromatic carbocycles. The van der Waals surface area contributed by atoms with Crippen LogP contribution in [0.25, 0.3) is 0 Å². The van der Waals surface area contributed by atoms with Gasteiger partial charge in [0.15, 0.2) is 0 Å². The van der Waals surface area contributed by atoms with Crippen LogP contribution in [0.4, 0.5) is 21.6 Å². The Morgan fingerprint density at radius 1 is 1.12 bits per heavy atom. The summed E-state index contributed by atoms with van der Waals surface area (Å²) in [6, 6.07) is 14.3. The molecule has 132 valence electrons. The zero-order chi connectivity index (χ0) is 18.5. The zero-order valence-corrected chi connectivity index (χ0v) is 14.5. The van der Waals surface area contributed by atoms with Gasteiger partial charge in [-0.05, 0) is 42.5 Å². The second-order valence-corrected chi connectivity index (χ2v) is 5.77. The fourth-order valence-electron chi connectivity index (χ4n) is 2.28. The van der Waals surface area contributed by atoms with E-state index in [1.54, 1.807) is 49.6 Å². The summed E-state index contributed by atoms with van der Waals surface area (Å²) in [5, 5.41) is 6.14. The van der Waals surface area contributed by atoms with Crippen molar-refractivity contribution in [3.8, 4) is 5.75 Å². The van der Waals surface area contributed by atoms with Crippen LogP contribution >= 0.6 is 11.6 Å². The molecule has 1 heterocycles. The molecule has 0 saturated heterocycles. The largest absolute Gasteiger partial charge is 0.495 e. The minimum Gasteiger partial charge on any atom is -0.495 e. The third-order valence-corrected chi connectivity index (χ3v) is 3.81. The highest BCUT2D eigenvalue weighted by atomic mass is 35.5. The van der Waals surface area contributed by atoms with Gasteiger partial charge < -0.3 is 15.4 Å². The minimum absolute atomic E-state index is 0.114. The number of ether oxygens (including phenoxy) is 1. The first-order valence-corrected chi connectivity index (χ1v) is 8.07. The minimum atomic E-state index is -0.500. The number of rotatable bonds is 5. The Labute approximate surface area is 154 Å². The van der Waals surface area contributed by atoms with Crippen molar-refractivity contribution in [2.24, 2.45) is 0 Å². The van der Waals surface area contributed by atoms with E-state index < -0.39 is 11.7 Å². The van der Waals surface area contributed by atoms with E-state index in [0.29, 0.717) is 27.8 Å². The fraction of sp³-hybridized carbons (Fsp3) is 0.0526. The summed E-state index contributed by atoms with van der Waals surface area (Å²) in [7, 11) is 1.55. The van der Waals surface area contributed by atoms with Gasteiger partial charge in [-0.15, -0.1) is 0 Å². The summed E-state index contributed by atoms with van der Waals surface area (Å²) in [4.78, 5) is 16.4. The van der Waals surface area contributed by atoms with E-state index in [0.717, 1.165) is 0 Å². The molecule has 0 fully saturated rings. The standard InChI is InChI=1S/C19H15ClFN3O2/c1-26-17-8-7-13(20)10-16(17)23-18-9-6-12(11-22-18)19(25)24-15-5-3-2-4-14(15)21/h2-11H,1H3,(H,22,23)(H,24,25). The number of benzene rings is 2. The number of amides is 1. The highest BCUT2D eigenvalue weighted by Gasteiger charge is 2.10. The Morgan fingerprint density at radius 2 is 1.92 bits per heavy atom. The number of nitrogens with one attached hydrogen (secondary N) is 2. The average Bonchev–Trinajstić information content (AvgIpc) is 2.64. The van der Waals surface area contributed by atoms with Gasteiger partial charge in [0.2, 0.25) is 0 Å². The Morgan fingerprint density at radius 3 is 2.62 bits per heavy atom. The number of para-hydroxylation sites is 1. The number of anilines is 3. The van der Waals surface area contributed by atoms with Crippen LogP contribution in [0.3, 0.4) is 0 Å². The van der Waals surface area contributed by atoms with Crippen LogP contribution in [-0.4, -0.2) is 18.0 Å². The number of pyridine rings is 1. The molecule has 1 amide bonds. The lowest BCUT2D eigenvalue weighted by molar-refractivity contribution is 0.102. The maximum Gasteiger partial charge on any atom is 0.257 e. The molecule has 3 aromatic rings.